The van der Waals surface area contributed by atoms with E-state index in [1.807, 2.05) is 36.4 Å². The van der Waals surface area contributed by atoms with Crippen LogP contribution in [0, 0.1) is 0 Å². The molecule has 0 heterocycles. The third-order valence-electron chi connectivity index (χ3n) is 1.95. The number of hydrogen-bond donors (Lipinski definition) is 1. The van der Waals surface area contributed by atoms with Gasteiger partial charge >= 0.3 is 0 Å². The molecule has 0 unspecified atom stereocenters. The third kappa shape index (κ3) is 4.35. The average Bonchev–Trinajstić information content (AvgIpc) is 2.18. The third-order valence-corrected chi connectivity index (χ3v) is 2.52. The van der Waals surface area contributed by atoms with Gasteiger partial charge < -0.3 is 5.11 Å². The topological polar surface area (TPSA) is 20.2 Å². The van der Waals surface area contributed by atoms with Crippen molar-refractivity contribution in [3.05, 3.63) is 52.7 Å². The number of aliphatic hydroxyl groups is 1. The van der Waals surface area contributed by atoms with Crippen LogP contribution < -0.4 is 0 Å². The van der Waals surface area contributed by atoms with E-state index in [4.69, 9.17) is 11.6 Å². The van der Waals surface area contributed by atoms with Gasteiger partial charge in [-0.3, -0.25) is 0 Å². The molecule has 0 aliphatic carbocycles. The van der Waals surface area contributed by atoms with E-state index in [0.29, 0.717) is 5.03 Å². The van der Waals surface area contributed by atoms with Crippen molar-refractivity contribution in [2.24, 2.45) is 0 Å². The molecule has 0 spiro atoms. The summed E-state index contributed by atoms with van der Waals surface area (Å²) in [6.45, 7) is 3.28. The normalized spacial score (nSPS) is 10.7. The summed E-state index contributed by atoms with van der Waals surface area (Å²) in [5, 5.41) is 9.86. The van der Waals surface area contributed by atoms with Gasteiger partial charge in [0.05, 0.1) is 5.03 Å². The second kappa shape index (κ2) is 5.18. The van der Waals surface area contributed by atoms with Crippen LogP contribution in [-0.2, 0) is 6.42 Å². The summed E-state index contributed by atoms with van der Waals surface area (Å²) in [5.41, 5.74) is 3.07. The minimum absolute atomic E-state index is 0.332. The fourth-order valence-corrected chi connectivity index (χ4v) is 1.13. The maximum Gasteiger partial charge on any atom is 0.102 e. The van der Waals surface area contributed by atoms with Gasteiger partial charge in [0.15, 0.2) is 0 Å². The summed E-state index contributed by atoms with van der Waals surface area (Å²) >= 11 is 5.85. The second-order valence-corrected chi connectivity index (χ2v) is 4.29. The van der Waals surface area contributed by atoms with E-state index in [0.717, 1.165) is 6.42 Å². The summed E-state index contributed by atoms with van der Waals surface area (Å²) in [6.07, 6.45) is 2.60. The SMILES string of the molecule is CC(C)(O)C(Cl)=C=CCc1ccccc1. The van der Waals surface area contributed by atoms with Crippen LogP contribution in [0.3, 0.4) is 0 Å². The van der Waals surface area contributed by atoms with E-state index in [1.165, 1.54) is 5.56 Å². The Morgan fingerprint density at radius 3 is 2.53 bits per heavy atom. The van der Waals surface area contributed by atoms with Gasteiger partial charge in [-0.05, 0) is 31.9 Å². The molecule has 0 aromatic heterocycles. The molecule has 0 atom stereocenters. The van der Waals surface area contributed by atoms with Crippen molar-refractivity contribution in [1.82, 2.24) is 0 Å². The number of hydrogen-bond acceptors (Lipinski definition) is 1. The molecule has 0 bridgehead atoms. The van der Waals surface area contributed by atoms with Crippen LogP contribution >= 0.6 is 11.6 Å². The smallest absolute Gasteiger partial charge is 0.102 e. The Balaban J connectivity index is 2.69. The fraction of sp³-hybridized carbons (Fsp3) is 0.308. The van der Waals surface area contributed by atoms with Crippen molar-refractivity contribution in [2.75, 3.05) is 0 Å². The molecule has 0 aliphatic rings. The summed E-state index contributed by atoms with van der Waals surface area (Å²) < 4.78 is 0. The molecule has 0 amide bonds. The molecular formula is C13H15ClO. The minimum atomic E-state index is -1.01. The highest BCUT2D eigenvalue weighted by molar-refractivity contribution is 6.30. The second-order valence-electron chi connectivity index (χ2n) is 3.91. The molecule has 1 nitrogen and oxygen atoms in total. The van der Waals surface area contributed by atoms with Gasteiger partial charge in [-0.15, -0.1) is 5.73 Å². The van der Waals surface area contributed by atoms with E-state index in [-0.39, 0.29) is 0 Å². The van der Waals surface area contributed by atoms with E-state index in [1.54, 1.807) is 13.8 Å². The lowest BCUT2D eigenvalue weighted by Crippen LogP contribution is -2.17. The zero-order valence-corrected chi connectivity index (χ0v) is 9.75. The Kier molecular flexibility index (Phi) is 4.16. The molecule has 0 saturated carbocycles. The van der Waals surface area contributed by atoms with Crippen LogP contribution in [-0.4, -0.2) is 10.7 Å². The molecule has 1 rings (SSSR count). The molecule has 1 N–H and O–H groups in total. The molecule has 0 fully saturated rings. The van der Waals surface area contributed by atoms with Crippen LogP contribution in [0.25, 0.3) is 0 Å². The average molecular weight is 223 g/mol. The monoisotopic (exact) mass is 222 g/mol. The van der Waals surface area contributed by atoms with Gasteiger partial charge in [-0.1, -0.05) is 41.9 Å². The Hall–Kier alpha value is -1.01. The Bertz CT molecular complexity index is 367. The van der Waals surface area contributed by atoms with Crippen molar-refractivity contribution < 1.29 is 5.11 Å². The zero-order chi connectivity index (χ0) is 11.3. The molecule has 15 heavy (non-hydrogen) atoms. The van der Waals surface area contributed by atoms with Crippen molar-refractivity contribution in [3.8, 4) is 0 Å². The van der Waals surface area contributed by atoms with Gasteiger partial charge in [0, 0.05) is 0 Å². The van der Waals surface area contributed by atoms with Gasteiger partial charge in [0.25, 0.3) is 0 Å². The Morgan fingerprint density at radius 2 is 2.00 bits per heavy atom. The van der Waals surface area contributed by atoms with Gasteiger partial charge in [-0.2, -0.15) is 0 Å². The molecule has 1 aromatic carbocycles. The molecule has 0 aliphatic heterocycles. The summed E-state index contributed by atoms with van der Waals surface area (Å²) in [5.74, 6) is 0. The molecule has 80 valence electrons. The molecule has 0 radical (unpaired) electrons. The first kappa shape index (κ1) is 12.1. The highest BCUT2D eigenvalue weighted by Crippen LogP contribution is 2.17. The first-order valence-corrected chi connectivity index (χ1v) is 5.25. The van der Waals surface area contributed by atoms with Crippen molar-refractivity contribution in [1.29, 1.82) is 0 Å². The largest absolute Gasteiger partial charge is 0.384 e. The maximum absolute atomic E-state index is 9.53. The van der Waals surface area contributed by atoms with Gasteiger partial charge in [0.2, 0.25) is 0 Å². The predicted octanol–water partition coefficient (Wildman–Crippen LogP) is 3.28. The lowest BCUT2D eigenvalue weighted by Gasteiger charge is -2.13. The highest BCUT2D eigenvalue weighted by atomic mass is 35.5. The van der Waals surface area contributed by atoms with Crippen LogP contribution in [0.15, 0.2) is 47.2 Å². The molecular weight excluding hydrogens is 208 g/mol. The fourth-order valence-electron chi connectivity index (χ4n) is 1.05. The predicted molar refractivity (Wildman–Crippen MR) is 63.9 cm³/mol. The summed E-state index contributed by atoms with van der Waals surface area (Å²) in [6, 6.07) is 10.0. The van der Waals surface area contributed by atoms with E-state index < -0.39 is 5.60 Å². The molecule has 0 saturated heterocycles. The van der Waals surface area contributed by atoms with Crippen LogP contribution in [0.4, 0.5) is 0 Å². The number of benzene rings is 1. The lowest BCUT2D eigenvalue weighted by molar-refractivity contribution is 0.128. The standard InChI is InChI=1S/C13H15ClO/c1-13(2,15)12(14)10-6-9-11-7-4-3-5-8-11/h3-8,15H,9H2,1-2H3. The maximum atomic E-state index is 9.53. The summed E-state index contributed by atoms with van der Waals surface area (Å²) in [4.78, 5) is 0. The first-order chi connectivity index (χ1) is 7.00. The minimum Gasteiger partial charge on any atom is -0.384 e. The Morgan fingerprint density at radius 1 is 1.40 bits per heavy atom. The quantitative estimate of drug-likeness (QED) is 0.779. The van der Waals surface area contributed by atoms with Crippen LogP contribution in [0.2, 0.25) is 0 Å². The van der Waals surface area contributed by atoms with Crippen molar-refractivity contribution >= 4 is 11.6 Å². The van der Waals surface area contributed by atoms with Gasteiger partial charge in [-0.25, -0.2) is 0 Å². The van der Waals surface area contributed by atoms with E-state index >= 15 is 0 Å². The highest BCUT2D eigenvalue weighted by Gasteiger charge is 2.16. The van der Waals surface area contributed by atoms with Crippen LogP contribution in [0.5, 0.6) is 0 Å². The van der Waals surface area contributed by atoms with Crippen LogP contribution in [0.1, 0.15) is 19.4 Å². The number of rotatable bonds is 3. The Labute approximate surface area is 95.7 Å². The zero-order valence-electron chi connectivity index (χ0n) is 9.00. The van der Waals surface area contributed by atoms with Crippen molar-refractivity contribution in [2.45, 2.75) is 25.9 Å². The van der Waals surface area contributed by atoms with E-state index in [2.05, 4.69) is 5.73 Å². The van der Waals surface area contributed by atoms with Gasteiger partial charge in [0.1, 0.15) is 5.60 Å². The van der Waals surface area contributed by atoms with E-state index in [9.17, 15) is 5.11 Å². The molecule has 2 heteroatoms. The van der Waals surface area contributed by atoms with Crippen molar-refractivity contribution in [3.63, 3.8) is 0 Å². The lowest BCUT2D eigenvalue weighted by atomic mass is 10.1. The summed E-state index contributed by atoms with van der Waals surface area (Å²) in [7, 11) is 0. The molecule has 1 aromatic rings. The number of halogens is 1. The first-order valence-electron chi connectivity index (χ1n) is 4.87.